The minimum absolute atomic E-state index is 0.124. The number of carbonyl (C=O) groups is 2. The van der Waals surface area contributed by atoms with E-state index in [1.165, 1.54) is 13.2 Å². The first kappa shape index (κ1) is 19.8. The van der Waals surface area contributed by atoms with E-state index in [1.54, 1.807) is 4.90 Å². The van der Waals surface area contributed by atoms with E-state index in [4.69, 9.17) is 21.1 Å². The molecule has 6 heteroatoms. The van der Waals surface area contributed by atoms with E-state index in [1.807, 2.05) is 20.8 Å². The second-order valence-corrected chi connectivity index (χ2v) is 7.10. The number of amides is 1. The zero-order chi connectivity index (χ0) is 17.5. The Morgan fingerprint density at radius 2 is 2.00 bits per heavy atom. The molecular weight excluding hydrogens is 318 g/mol. The van der Waals surface area contributed by atoms with Crippen molar-refractivity contribution in [2.45, 2.75) is 64.5 Å². The molecule has 5 nitrogen and oxygen atoms in total. The summed E-state index contributed by atoms with van der Waals surface area (Å²) < 4.78 is 10.3. The van der Waals surface area contributed by atoms with E-state index in [2.05, 4.69) is 0 Å². The lowest BCUT2D eigenvalue weighted by Gasteiger charge is -2.38. The third-order valence-electron chi connectivity index (χ3n) is 3.66. The van der Waals surface area contributed by atoms with E-state index in [9.17, 15) is 9.59 Å². The van der Waals surface area contributed by atoms with Gasteiger partial charge in [-0.15, -0.1) is 11.6 Å². The van der Waals surface area contributed by atoms with Crippen molar-refractivity contribution in [3.63, 3.8) is 0 Å². The van der Waals surface area contributed by atoms with Crippen molar-refractivity contribution in [1.82, 2.24) is 4.90 Å². The number of halogens is 1. The monoisotopic (exact) mass is 345 g/mol. The fraction of sp³-hybridized carbons (Fsp3) is 0.765. The highest BCUT2D eigenvalue weighted by Crippen LogP contribution is 2.28. The number of hydrogen-bond acceptors (Lipinski definition) is 4. The molecule has 1 unspecified atom stereocenters. The number of piperidine rings is 1. The van der Waals surface area contributed by atoms with Gasteiger partial charge in [-0.3, -0.25) is 0 Å². The van der Waals surface area contributed by atoms with Gasteiger partial charge in [0.25, 0.3) is 0 Å². The quantitative estimate of drug-likeness (QED) is 0.431. The van der Waals surface area contributed by atoms with Crippen LogP contribution in [0.15, 0.2) is 11.6 Å². The summed E-state index contributed by atoms with van der Waals surface area (Å²) in [7, 11) is 1.35. The molecule has 1 heterocycles. The summed E-state index contributed by atoms with van der Waals surface area (Å²) in [5, 5.41) is 0. The zero-order valence-corrected chi connectivity index (χ0v) is 15.3. The van der Waals surface area contributed by atoms with Gasteiger partial charge in [0.2, 0.25) is 0 Å². The second kappa shape index (κ2) is 9.16. The van der Waals surface area contributed by atoms with Crippen molar-refractivity contribution in [2.24, 2.45) is 0 Å². The molecule has 0 saturated carbocycles. The molecule has 1 aliphatic heterocycles. The Balaban J connectivity index is 2.97. The molecule has 0 bridgehead atoms. The van der Waals surface area contributed by atoms with E-state index < -0.39 is 11.6 Å². The van der Waals surface area contributed by atoms with Gasteiger partial charge >= 0.3 is 12.1 Å². The highest BCUT2D eigenvalue weighted by Gasteiger charge is 2.32. The Morgan fingerprint density at radius 3 is 2.57 bits per heavy atom. The lowest BCUT2D eigenvalue weighted by Crippen LogP contribution is -2.47. The third kappa shape index (κ3) is 6.81. The summed E-state index contributed by atoms with van der Waals surface area (Å²) in [4.78, 5) is 25.9. The standard InChI is InChI=1S/C17H28ClNO4/c1-17(2,3)23-16(21)19-11-6-5-9-14(19)13(8-7-10-18)12-15(20)22-4/h12,14H,5-11H2,1-4H3/b13-12-. The number of hydrogen-bond donors (Lipinski definition) is 0. The number of ether oxygens (including phenoxy) is 2. The molecule has 1 rings (SSSR count). The average molecular weight is 346 g/mol. The Labute approximate surface area is 143 Å². The predicted molar refractivity (Wildman–Crippen MR) is 90.6 cm³/mol. The van der Waals surface area contributed by atoms with Crippen LogP contribution < -0.4 is 0 Å². The van der Waals surface area contributed by atoms with E-state index in [0.717, 1.165) is 31.3 Å². The third-order valence-corrected chi connectivity index (χ3v) is 3.93. The molecule has 0 aromatic rings. The van der Waals surface area contributed by atoms with Gasteiger partial charge in [-0.2, -0.15) is 0 Å². The van der Waals surface area contributed by atoms with Crippen LogP contribution in [0.1, 0.15) is 52.9 Å². The van der Waals surface area contributed by atoms with Gasteiger partial charge in [-0.25, -0.2) is 9.59 Å². The Kier molecular flexibility index (Phi) is 7.89. The zero-order valence-electron chi connectivity index (χ0n) is 14.6. The molecule has 1 saturated heterocycles. The van der Waals surface area contributed by atoms with Crippen molar-refractivity contribution >= 4 is 23.7 Å². The smallest absolute Gasteiger partial charge is 0.410 e. The van der Waals surface area contributed by atoms with Gasteiger partial charge in [-0.1, -0.05) is 0 Å². The van der Waals surface area contributed by atoms with Gasteiger partial charge in [0.05, 0.1) is 13.2 Å². The van der Waals surface area contributed by atoms with E-state index in [0.29, 0.717) is 18.8 Å². The summed E-state index contributed by atoms with van der Waals surface area (Å²) in [5.74, 6) is 0.113. The maximum atomic E-state index is 12.5. The van der Waals surface area contributed by atoms with Crippen molar-refractivity contribution in [3.8, 4) is 0 Å². The van der Waals surface area contributed by atoms with Crippen LogP contribution >= 0.6 is 11.6 Å². The molecule has 23 heavy (non-hydrogen) atoms. The van der Waals surface area contributed by atoms with E-state index >= 15 is 0 Å². The molecule has 1 fully saturated rings. The number of methoxy groups -OCH3 is 1. The highest BCUT2D eigenvalue weighted by atomic mass is 35.5. The summed E-state index contributed by atoms with van der Waals surface area (Å²) >= 11 is 5.79. The Bertz CT molecular complexity index is 442. The molecule has 1 atom stereocenters. The summed E-state index contributed by atoms with van der Waals surface area (Å²) in [5.41, 5.74) is 0.351. The predicted octanol–water partition coefficient (Wildman–Crippen LogP) is 3.89. The number of nitrogens with zero attached hydrogens (tertiary/aromatic N) is 1. The topological polar surface area (TPSA) is 55.8 Å². The summed E-state index contributed by atoms with van der Waals surface area (Å²) in [6.45, 7) is 6.19. The van der Waals surface area contributed by atoms with Crippen LogP contribution in [0.4, 0.5) is 4.79 Å². The van der Waals surface area contributed by atoms with Gasteiger partial charge in [-0.05, 0) is 58.4 Å². The van der Waals surface area contributed by atoms with Crippen LogP contribution in [0.2, 0.25) is 0 Å². The highest BCUT2D eigenvalue weighted by molar-refractivity contribution is 6.17. The van der Waals surface area contributed by atoms with Crippen molar-refractivity contribution in [3.05, 3.63) is 11.6 Å². The minimum atomic E-state index is -0.540. The SMILES string of the molecule is COC(=O)/C=C(/CCCCl)C1CCCCN1C(=O)OC(C)(C)C. The fourth-order valence-electron chi connectivity index (χ4n) is 2.67. The molecule has 0 radical (unpaired) electrons. The fourth-order valence-corrected chi connectivity index (χ4v) is 2.81. The van der Waals surface area contributed by atoms with Crippen molar-refractivity contribution < 1.29 is 19.1 Å². The summed E-state index contributed by atoms with van der Waals surface area (Å²) in [6.07, 6.45) is 5.37. The Morgan fingerprint density at radius 1 is 1.30 bits per heavy atom. The molecule has 0 aromatic carbocycles. The largest absolute Gasteiger partial charge is 0.466 e. The second-order valence-electron chi connectivity index (χ2n) is 6.72. The van der Waals surface area contributed by atoms with Gasteiger partial charge in [0.15, 0.2) is 0 Å². The maximum Gasteiger partial charge on any atom is 0.410 e. The van der Waals surface area contributed by atoms with Crippen molar-refractivity contribution in [1.29, 1.82) is 0 Å². The Hall–Kier alpha value is -1.23. The first-order chi connectivity index (χ1) is 10.8. The van der Waals surface area contributed by atoms with Crippen LogP contribution in [0.25, 0.3) is 0 Å². The molecule has 0 aliphatic carbocycles. The normalized spacial score (nSPS) is 19.4. The lowest BCUT2D eigenvalue weighted by molar-refractivity contribution is -0.135. The van der Waals surface area contributed by atoms with Gasteiger partial charge in [0, 0.05) is 18.5 Å². The molecule has 1 amide bonds. The molecule has 132 valence electrons. The molecule has 0 spiro atoms. The van der Waals surface area contributed by atoms with Crippen LogP contribution in [0.3, 0.4) is 0 Å². The number of carbonyl (C=O) groups excluding carboxylic acids is 2. The number of esters is 1. The first-order valence-electron chi connectivity index (χ1n) is 8.12. The average Bonchev–Trinajstić information content (AvgIpc) is 2.49. The molecule has 0 aromatic heterocycles. The summed E-state index contributed by atoms with van der Waals surface area (Å²) in [6, 6.07) is -0.124. The van der Waals surface area contributed by atoms with Crippen LogP contribution in [0.5, 0.6) is 0 Å². The van der Waals surface area contributed by atoms with E-state index in [-0.39, 0.29) is 12.1 Å². The first-order valence-corrected chi connectivity index (χ1v) is 8.66. The molecular formula is C17H28ClNO4. The number of rotatable bonds is 5. The van der Waals surface area contributed by atoms with Gasteiger partial charge < -0.3 is 14.4 Å². The van der Waals surface area contributed by atoms with Crippen LogP contribution in [-0.4, -0.2) is 48.1 Å². The number of alkyl halides is 1. The van der Waals surface area contributed by atoms with Crippen molar-refractivity contribution in [2.75, 3.05) is 19.5 Å². The minimum Gasteiger partial charge on any atom is -0.466 e. The number of likely N-dealkylation sites (tertiary alicyclic amines) is 1. The maximum absolute atomic E-state index is 12.5. The van der Waals surface area contributed by atoms with Crippen LogP contribution in [0, 0.1) is 0 Å². The molecule has 1 aliphatic rings. The lowest BCUT2D eigenvalue weighted by atomic mass is 9.92. The van der Waals surface area contributed by atoms with Gasteiger partial charge in [0.1, 0.15) is 5.60 Å². The molecule has 0 N–H and O–H groups in total. The van der Waals surface area contributed by atoms with Crippen LogP contribution in [-0.2, 0) is 14.3 Å².